The Bertz CT molecular complexity index is 508. The first-order valence-corrected chi connectivity index (χ1v) is 7.15. The molecule has 108 valence electrons. The van der Waals surface area contributed by atoms with E-state index >= 15 is 0 Å². The second-order valence-electron chi connectivity index (χ2n) is 5.47. The van der Waals surface area contributed by atoms with E-state index in [2.05, 4.69) is 20.2 Å². The van der Waals surface area contributed by atoms with Crippen molar-refractivity contribution >= 4 is 11.9 Å². The maximum Gasteiger partial charge on any atom is 0.341 e. The fourth-order valence-electron chi connectivity index (χ4n) is 3.04. The van der Waals surface area contributed by atoms with E-state index in [-0.39, 0.29) is 5.97 Å². The topological polar surface area (TPSA) is 67.3 Å². The van der Waals surface area contributed by atoms with Gasteiger partial charge in [0.15, 0.2) is 0 Å². The van der Waals surface area contributed by atoms with Crippen molar-refractivity contribution < 1.29 is 9.53 Å². The number of carbonyl (C=O) groups is 1. The van der Waals surface area contributed by atoms with Crippen LogP contribution in [-0.2, 0) is 4.74 Å². The second kappa shape index (κ2) is 5.36. The quantitative estimate of drug-likeness (QED) is 0.816. The molecule has 0 radical (unpaired) electrons. The van der Waals surface area contributed by atoms with Crippen LogP contribution >= 0.6 is 0 Å². The summed E-state index contributed by atoms with van der Waals surface area (Å²) in [7, 11) is 0. The zero-order valence-electron chi connectivity index (χ0n) is 11.9. The van der Waals surface area contributed by atoms with Crippen molar-refractivity contribution in [2.24, 2.45) is 11.8 Å². The molecule has 6 nitrogen and oxygen atoms in total. The summed E-state index contributed by atoms with van der Waals surface area (Å²) in [5.74, 6) is 1.77. The van der Waals surface area contributed by atoms with Crippen LogP contribution in [0.3, 0.4) is 0 Å². The molecule has 3 heterocycles. The first kappa shape index (κ1) is 13.3. The number of fused-ring (bicyclic) bond motifs is 1. The van der Waals surface area contributed by atoms with Crippen molar-refractivity contribution in [2.75, 3.05) is 37.7 Å². The van der Waals surface area contributed by atoms with Crippen molar-refractivity contribution in [1.29, 1.82) is 0 Å². The van der Waals surface area contributed by atoms with Crippen molar-refractivity contribution in [2.45, 2.75) is 13.8 Å². The summed E-state index contributed by atoms with van der Waals surface area (Å²) in [6, 6.07) is 0. The molecular weight excluding hydrogens is 256 g/mol. The molecule has 3 rings (SSSR count). The fourth-order valence-corrected chi connectivity index (χ4v) is 3.04. The molecule has 0 unspecified atom stereocenters. The van der Waals surface area contributed by atoms with Gasteiger partial charge in [0.1, 0.15) is 0 Å². The molecule has 2 fully saturated rings. The summed E-state index contributed by atoms with van der Waals surface area (Å²) in [6.07, 6.45) is 1.59. The number of nitrogens with zero attached hydrogens (tertiary/aromatic N) is 3. The highest BCUT2D eigenvalue weighted by atomic mass is 16.5. The molecule has 0 saturated carbocycles. The molecule has 0 aliphatic carbocycles. The van der Waals surface area contributed by atoms with E-state index in [4.69, 9.17) is 4.74 Å². The van der Waals surface area contributed by atoms with Gasteiger partial charge in [-0.05, 0) is 25.7 Å². The van der Waals surface area contributed by atoms with Gasteiger partial charge in [0.2, 0.25) is 5.95 Å². The molecule has 2 aliphatic rings. The third kappa shape index (κ3) is 2.35. The number of ether oxygens (including phenoxy) is 1. The number of hydrogen-bond donors (Lipinski definition) is 1. The Labute approximate surface area is 118 Å². The van der Waals surface area contributed by atoms with Crippen LogP contribution in [0.5, 0.6) is 0 Å². The van der Waals surface area contributed by atoms with Gasteiger partial charge in [-0.25, -0.2) is 14.8 Å². The normalized spacial score (nSPS) is 24.8. The molecule has 20 heavy (non-hydrogen) atoms. The molecule has 1 aromatic rings. The van der Waals surface area contributed by atoms with E-state index in [9.17, 15) is 4.79 Å². The summed E-state index contributed by atoms with van der Waals surface area (Å²) in [5.41, 5.74) is 1.14. The Morgan fingerprint density at radius 2 is 2.15 bits per heavy atom. The van der Waals surface area contributed by atoms with Gasteiger partial charge < -0.3 is 15.0 Å². The Morgan fingerprint density at radius 3 is 2.75 bits per heavy atom. The van der Waals surface area contributed by atoms with Crippen LogP contribution in [0.4, 0.5) is 5.95 Å². The van der Waals surface area contributed by atoms with Gasteiger partial charge in [-0.3, -0.25) is 0 Å². The van der Waals surface area contributed by atoms with E-state index in [1.807, 2.05) is 6.92 Å². The maximum atomic E-state index is 11.7. The van der Waals surface area contributed by atoms with Crippen molar-refractivity contribution in [3.63, 3.8) is 0 Å². The number of anilines is 1. The highest BCUT2D eigenvalue weighted by molar-refractivity contribution is 5.90. The van der Waals surface area contributed by atoms with Crippen LogP contribution in [0.15, 0.2) is 6.20 Å². The van der Waals surface area contributed by atoms with Gasteiger partial charge >= 0.3 is 5.97 Å². The first-order chi connectivity index (χ1) is 9.69. The summed E-state index contributed by atoms with van der Waals surface area (Å²) < 4.78 is 4.99. The average molecular weight is 276 g/mol. The lowest BCUT2D eigenvalue weighted by Crippen LogP contribution is -2.27. The van der Waals surface area contributed by atoms with E-state index in [1.165, 1.54) is 0 Å². The minimum Gasteiger partial charge on any atom is -0.462 e. The maximum absolute atomic E-state index is 11.7. The number of aromatic nitrogens is 2. The molecule has 1 aromatic heterocycles. The zero-order valence-corrected chi connectivity index (χ0v) is 11.9. The molecule has 0 amide bonds. The van der Waals surface area contributed by atoms with Crippen molar-refractivity contribution in [3.05, 3.63) is 17.5 Å². The Hall–Kier alpha value is -1.69. The minimum atomic E-state index is -0.348. The van der Waals surface area contributed by atoms with Crippen molar-refractivity contribution in [3.8, 4) is 0 Å². The summed E-state index contributed by atoms with van der Waals surface area (Å²) >= 11 is 0. The summed E-state index contributed by atoms with van der Waals surface area (Å²) in [6.45, 7) is 8.14. The van der Waals surface area contributed by atoms with Gasteiger partial charge in [-0.15, -0.1) is 0 Å². The Balaban J connectivity index is 1.75. The minimum absolute atomic E-state index is 0.348. The summed E-state index contributed by atoms with van der Waals surface area (Å²) in [5, 5.41) is 3.42. The molecule has 0 bridgehead atoms. The predicted molar refractivity (Wildman–Crippen MR) is 74.8 cm³/mol. The van der Waals surface area contributed by atoms with E-state index in [1.54, 1.807) is 13.1 Å². The molecular formula is C14H20N4O2. The lowest BCUT2D eigenvalue weighted by Gasteiger charge is -2.18. The molecule has 6 heteroatoms. The molecule has 0 spiro atoms. The van der Waals surface area contributed by atoms with Gasteiger partial charge in [0.25, 0.3) is 0 Å². The standard InChI is InChI=1S/C14H20N4O2/c1-3-20-13(19)12-6-16-14(17-9(12)2)18-7-10-4-15-5-11(10)8-18/h6,10-11,15H,3-5,7-8H2,1-2H3/t10-,11+. The van der Waals surface area contributed by atoms with Gasteiger partial charge in [-0.2, -0.15) is 0 Å². The monoisotopic (exact) mass is 276 g/mol. The van der Waals surface area contributed by atoms with Crippen LogP contribution in [0.1, 0.15) is 23.0 Å². The molecule has 2 aliphatic heterocycles. The van der Waals surface area contributed by atoms with Crippen LogP contribution in [-0.4, -0.2) is 48.7 Å². The number of rotatable bonds is 3. The highest BCUT2D eigenvalue weighted by Gasteiger charge is 2.37. The second-order valence-corrected chi connectivity index (χ2v) is 5.47. The first-order valence-electron chi connectivity index (χ1n) is 7.15. The van der Waals surface area contributed by atoms with Gasteiger partial charge in [-0.1, -0.05) is 0 Å². The number of carbonyl (C=O) groups excluding carboxylic acids is 1. The van der Waals surface area contributed by atoms with Gasteiger partial charge in [0.05, 0.1) is 17.9 Å². The van der Waals surface area contributed by atoms with Crippen LogP contribution in [0.25, 0.3) is 0 Å². The van der Waals surface area contributed by atoms with Gasteiger partial charge in [0, 0.05) is 32.4 Å². The predicted octanol–water partition coefficient (Wildman–Crippen LogP) is 0.617. The number of hydrogen-bond acceptors (Lipinski definition) is 6. The smallest absolute Gasteiger partial charge is 0.341 e. The van der Waals surface area contributed by atoms with Crippen LogP contribution < -0.4 is 10.2 Å². The number of esters is 1. The largest absolute Gasteiger partial charge is 0.462 e. The molecule has 1 N–H and O–H groups in total. The fraction of sp³-hybridized carbons (Fsp3) is 0.643. The third-order valence-electron chi connectivity index (χ3n) is 4.13. The average Bonchev–Trinajstić information content (AvgIpc) is 2.99. The zero-order chi connectivity index (χ0) is 14.1. The van der Waals surface area contributed by atoms with E-state index in [0.29, 0.717) is 29.7 Å². The van der Waals surface area contributed by atoms with Crippen LogP contribution in [0, 0.1) is 18.8 Å². The molecule has 2 atom stereocenters. The Kier molecular flexibility index (Phi) is 3.56. The van der Waals surface area contributed by atoms with E-state index < -0.39 is 0 Å². The highest BCUT2D eigenvalue weighted by Crippen LogP contribution is 2.28. The lowest BCUT2D eigenvalue weighted by molar-refractivity contribution is 0.0524. The van der Waals surface area contributed by atoms with Crippen LogP contribution in [0.2, 0.25) is 0 Å². The Morgan fingerprint density at radius 1 is 1.45 bits per heavy atom. The number of aryl methyl sites for hydroxylation is 1. The van der Waals surface area contributed by atoms with Crippen molar-refractivity contribution in [1.82, 2.24) is 15.3 Å². The third-order valence-corrected chi connectivity index (χ3v) is 4.13. The SMILES string of the molecule is CCOC(=O)c1cnc(N2C[C@H]3CNC[C@H]3C2)nc1C. The molecule has 2 saturated heterocycles. The molecule has 0 aromatic carbocycles. The lowest BCUT2D eigenvalue weighted by atomic mass is 10.0. The summed E-state index contributed by atoms with van der Waals surface area (Å²) in [4.78, 5) is 22.8. The van der Waals surface area contributed by atoms with E-state index in [0.717, 1.165) is 32.1 Å². The number of nitrogens with one attached hydrogen (secondary N) is 1.